The molecule has 6 heteroatoms. The van der Waals surface area contributed by atoms with Crippen LogP contribution in [0.1, 0.15) is 48.0 Å². The topological polar surface area (TPSA) is 84.2 Å². The molecule has 1 fully saturated rings. The molecule has 4 N–H and O–H groups in total. The number of primary amides is 1. The molecule has 2 aliphatic rings. The van der Waals surface area contributed by atoms with E-state index >= 15 is 0 Å². The highest BCUT2D eigenvalue weighted by molar-refractivity contribution is 6.34. The quantitative estimate of drug-likeness (QED) is 0.732. The number of amides is 3. The maximum Gasteiger partial charge on any atom is 0.319 e. The Morgan fingerprint density at radius 2 is 1.73 bits per heavy atom. The number of halogens is 1. The number of urea groups is 1. The number of nitrogens with two attached hydrogens (primary N) is 1. The summed E-state index contributed by atoms with van der Waals surface area (Å²) in [5.41, 5.74) is 9.07. The maximum atomic E-state index is 12.2. The first-order valence-corrected chi connectivity index (χ1v) is 9.20. The Bertz CT molecular complexity index is 887. The molecule has 2 aromatic rings. The van der Waals surface area contributed by atoms with Gasteiger partial charge in [-0.1, -0.05) is 43.0 Å². The van der Waals surface area contributed by atoms with Crippen molar-refractivity contribution in [1.82, 2.24) is 5.32 Å². The second kappa shape index (κ2) is 6.32. The molecular formula is C20H20ClN3O2. The summed E-state index contributed by atoms with van der Waals surface area (Å²) < 4.78 is 0. The fourth-order valence-corrected chi connectivity index (χ4v) is 4.35. The van der Waals surface area contributed by atoms with Gasteiger partial charge in [-0.2, -0.15) is 0 Å². The Hall–Kier alpha value is -2.53. The summed E-state index contributed by atoms with van der Waals surface area (Å²) in [6.07, 6.45) is 5.16. The van der Waals surface area contributed by atoms with Crippen LogP contribution in [0, 0.1) is 0 Å². The molecule has 134 valence electrons. The third-order valence-corrected chi connectivity index (χ3v) is 5.71. The lowest BCUT2D eigenvalue weighted by molar-refractivity contribution is 0.100. The average Bonchev–Trinajstić information content (AvgIpc) is 2.63. The first-order chi connectivity index (χ1) is 12.5. The lowest BCUT2D eigenvalue weighted by Crippen LogP contribution is -2.52. The van der Waals surface area contributed by atoms with Gasteiger partial charge in [0.2, 0.25) is 5.91 Å². The van der Waals surface area contributed by atoms with Gasteiger partial charge in [0.05, 0.1) is 16.2 Å². The molecule has 0 radical (unpaired) electrons. The number of anilines is 1. The zero-order chi connectivity index (χ0) is 18.3. The minimum Gasteiger partial charge on any atom is -0.366 e. The summed E-state index contributed by atoms with van der Waals surface area (Å²) >= 11 is 6.53. The number of fused-ring (bicyclic) bond motifs is 2. The number of nitrogens with one attached hydrogen (secondary N) is 2. The van der Waals surface area contributed by atoms with Crippen LogP contribution in [0.15, 0.2) is 36.4 Å². The van der Waals surface area contributed by atoms with Gasteiger partial charge >= 0.3 is 6.03 Å². The van der Waals surface area contributed by atoms with Crippen molar-refractivity contribution < 1.29 is 9.59 Å². The van der Waals surface area contributed by atoms with Crippen LogP contribution in [0.2, 0.25) is 5.02 Å². The van der Waals surface area contributed by atoms with Gasteiger partial charge in [0.1, 0.15) is 0 Å². The minimum atomic E-state index is -0.451. The molecule has 0 bridgehead atoms. The van der Waals surface area contributed by atoms with E-state index in [1.54, 1.807) is 12.1 Å². The Kier molecular flexibility index (Phi) is 4.11. The Morgan fingerprint density at radius 3 is 2.38 bits per heavy atom. The zero-order valence-corrected chi connectivity index (χ0v) is 15.0. The van der Waals surface area contributed by atoms with Crippen LogP contribution in [-0.4, -0.2) is 11.9 Å². The Labute approximate surface area is 156 Å². The van der Waals surface area contributed by atoms with E-state index in [0.717, 1.165) is 42.4 Å². The maximum absolute atomic E-state index is 12.2. The normalized spacial score (nSPS) is 18.0. The Balaban J connectivity index is 1.82. The molecule has 0 unspecified atom stereocenters. The first-order valence-electron chi connectivity index (χ1n) is 8.82. The van der Waals surface area contributed by atoms with Crippen LogP contribution in [0.4, 0.5) is 10.5 Å². The number of hydrogen-bond acceptors (Lipinski definition) is 2. The number of benzene rings is 2. The number of hydrogen-bond donors (Lipinski definition) is 3. The highest BCUT2D eigenvalue weighted by Gasteiger charge is 2.41. The fourth-order valence-electron chi connectivity index (χ4n) is 4.08. The van der Waals surface area contributed by atoms with Crippen LogP contribution >= 0.6 is 11.6 Å². The van der Waals surface area contributed by atoms with Crippen molar-refractivity contribution in [2.45, 2.75) is 37.6 Å². The van der Waals surface area contributed by atoms with Crippen molar-refractivity contribution in [3.63, 3.8) is 0 Å². The second-order valence-corrected chi connectivity index (χ2v) is 7.45. The molecule has 1 spiro atoms. The van der Waals surface area contributed by atoms with Crippen molar-refractivity contribution in [2.75, 3.05) is 5.32 Å². The van der Waals surface area contributed by atoms with Crippen molar-refractivity contribution >= 4 is 29.2 Å². The molecule has 5 nitrogen and oxygen atoms in total. The van der Waals surface area contributed by atoms with Crippen molar-refractivity contribution in [3.05, 3.63) is 52.5 Å². The van der Waals surface area contributed by atoms with E-state index < -0.39 is 5.91 Å². The molecular weight excluding hydrogens is 350 g/mol. The lowest BCUT2D eigenvalue weighted by Gasteiger charge is -2.43. The lowest BCUT2D eigenvalue weighted by atomic mass is 9.74. The second-order valence-electron chi connectivity index (χ2n) is 7.04. The van der Waals surface area contributed by atoms with Crippen LogP contribution < -0.4 is 16.4 Å². The number of carbonyl (C=O) groups excluding carboxylic acids is 2. The average molecular weight is 370 g/mol. The monoisotopic (exact) mass is 369 g/mol. The molecule has 1 saturated carbocycles. The molecule has 0 atom stereocenters. The highest BCUT2D eigenvalue weighted by atomic mass is 35.5. The molecule has 26 heavy (non-hydrogen) atoms. The van der Waals surface area contributed by atoms with Gasteiger partial charge in [-0.25, -0.2) is 4.79 Å². The fraction of sp³-hybridized carbons (Fsp3) is 0.300. The predicted molar refractivity (Wildman–Crippen MR) is 102 cm³/mol. The molecule has 1 aliphatic carbocycles. The SMILES string of the molecule is NC(=O)c1ccc(-c2cc(Cl)c3c(c2)C2(CCCCC2)NC(=O)N3)cc1. The minimum absolute atomic E-state index is 0.195. The van der Waals surface area contributed by atoms with E-state index in [4.69, 9.17) is 17.3 Å². The van der Waals surface area contributed by atoms with Gasteiger partial charge in [-0.3, -0.25) is 4.79 Å². The largest absolute Gasteiger partial charge is 0.366 e. The summed E-state index contributed by atoms with van der Waals surface area (Å²) in [7, 11) is 0. The van der Waals surface area contributed by atoms with Crippen molar-refractivity contribution in [3.8, 4) is 11.1 Å². The summed E-state index contributed by atoms with van der Waals surface area (Å²) in [5, 5.41) is 6.53. The summed E-state index contributed by atoms with van der Waals surface area (Å²) in [5.74, 6) is -0.451. The van der Waals surface area contributed by atoms with Crippen LogP contribution in [0.5, 0.6) is 0 Å². The molecule has 0 saturated heterocycles. The van der Waals surface area contributed by atoms with Gasteiger partial charge in [0.25, 0.3) is 0 Å². The van der Waals surface area contributed by atoms with E-state index in [1.165, 1.54) is 6.42 Å². The molecule has 1 heterocycles. The van der Waals surface area contributed by atoms with Crippen molar-refractivity contribution in [1.29, 1.82) is 0 Å². The predicted octanol–water partition coefficient (Wildman–Crippen LogP) is 4.40. The molecule has 3 amide bonds. The van der Waals surface area contributed by atoms with Gasteiger partial charge in [0.15, 0.2) is 0 Å². The number of carbonyl (C=O) groups is 2. The van der Waals surface area contributed by atoms with Crippen LogP contribution in [0.3, 0.4) is 0 Å². The van der Waals surface area contributed by atoms with E-state index in [0.29, 0.717) is 16.3 Å². The van der Waals surface area contributed by atoms with E-state index in [-0.39, 0.29) is 11.6 Å². The van der Waals surface area contributed by atoms with E-state index in [2.05, 4.69) is 16.7 Å². The summed E-state index contributed by atoms with van der Waals surface area (Å²) in [6.45, 7) is 0. The molecule has 2 aromatic carbocycles. The third kappa shape index (κ3) is 2.82. The Morgan fingerprint density at radius 1 is 1.04 bits per heavy atom. The standard InChI is InChI=1S/C20H20ClN3O2/c21-16-11-14(12-4-6-13(7-5-12)18(22)25)10-15-17(16)23-19(26)24-20(15)8-2-1-3-9-20/h4-7,10-11H,1-3,8-9H2,(H2,22,25)(H2,23,24,26). The summed E-state index contributed by atoms with van der Waals surface area (Å²) in [6, 6.07) is 10.9. The highest BCUT2D eigenvalue weighted by Crippen LogP contribution is 2.46. The van der Waals surface area contributed by atoms with E-state index in [1.807, 2.05) is 18.2 Å². The third-order valence-electron chi connectivity index (χ3n) is 5.41. The van der Waals surface area contributed by atoms with Crippen LogP contribution in [0.25, 0.3) is 11.1 Å². The van der Waals surface area contributed by atoms with Gasteiger partial charge < -0.3 is 16.4 Å². The van der Waals surface area contributed by atoms with Gasteiger partial charge in [-0.05, 0) is 48.2 Å². The van der Waals surface area contributed by atoms with Crippen molar-refractivity contribution in [2.24, 2.45) is 5.73 Å². The molecule has 4 rings (SSSR count). The zero-order valence-electron chi connectivity index (χ0n) is 14.3. The van der Waals surface area contributed by atoms with E-state index in [9.17, 15) is 9.59 Å². The molecule has 1 aliphatic heterocycles. The smallest absolute Gasteiger partial charge is 0.319 e. The first kappa shape index (κ1) is 16.9. The van der Waals surface area contributed by atoms with Gasteiger partial charge in [-0.15, -0.1) is 0 Å². The summed E-state index contributed by atoms with van der Waals surface area (Å²) in [4.78, 5) is 23.5. The number of rotatable bonds is 2. The molecule has 0 aromatic heterocycles. The van der Waals surface area contributed by atoms with Gasteiger partial charge in [0, 0.05) is 11.1 Å². The van der Waals surface area contributed by atoms with Crippen LogP contribution in [-0.2, 0) is 5.54 Å².